The van der Waals surface area contributed by atoms with Crippen LogP contribution in [0.3, 0.4) is 0 Å². The van der Waals surface area contributed by atoms with Crippen LogP contribution >= 0.6 is 23.8 Å². The number of thiocarbonyl (C=S) groups is 1. The lowest BCUT2D eigenvalue weighted by Gasteiger charge is -2.14. The largest absolute Gasteiger partial charge is 0.545 e. The van der Waals surface area contributed by atoms with Crippen molar-refractivity contribution >= 4 is 46.5 Å². The molecule has 3 rings (SSSR count). The molecule has 2 N–H and O–H groups in total. The van der Waals surface area contributed by atoms with Gasteiger partial charge in [-0.2, -0.15) is 0 Å². The van der Waals surface area contributed by atoms with Crippen molar-refractivity contribution in [1.29, 1.82) is 0 Å². The molecule has 0 aliphatic carbocycles. The Morgan fingerprint density at radius 1 is 1.07 bits per heavy atom. The predicted molar refractivity (Wildman–Crippen MR) is 108 cm³/mol. The van der Waals surface area contributed by atoms with E-state index in [4.69, 9.17) is 28.2 Å². The number of aromatic carboxylic acids is 1. The Labute approximate surface area is 171 Å². The van der Waals surface area contributed by atoms with Gasteiger partial charge in [-0.1, -0.05) is 23.7 Å². The van der Waals surface area contributed by atoms with E-state index >= 15 is 0 Å². The summed E-state index contributed by atoms with van der Waals surface area (Å²) in [6.45, 7) is 1.61. The Kier molecular flexibility index (Phi) is 5.77. The zero-order chi connectivity index (χ0) is 20.3. The summed E-state index contributed by atoms with van der Waals surface area (Å²) in [6.07, 6.45) is 0. The second-order valence-electron chi connectivity index (χ2n) is 5.84. The highest BCUT2D eigenvalue weighted by atomic mass is 35.5. The smallest absolute Gasteiger partial charge is 0.293 e. The molecule has 142 valence electrons. The molecule has 2 aromatic carbocycles. The van der Waals surface area contributed by atoms with E-state index in [2.05, 4.69) is 10.6 Å². The van der Waals surface area contributed by atoms with Crippen molar-refractivity contribution in [3.63, 3.8) is 0 Å². The molecule has 0 atom stereocenters. The van der Waals surface area contributed by atoms with Crippen LogP contribution in [0.4, 0.5) is 5.69 Å². The third-order valence-corrected chi connectivity index (χ3v) is 4.44. The van der Waals surface area contributed by atoms with Crippen LogP contribution in [0.5, 0.6) is 0 Å². The Morgan fingerprint density at radius 3 is 2.46 bits per heavy atom. The highest BCUT2D eigenvalue weighted by Crippen LogP contribution is 2.24. The summed E-state index contributed by atoms with van der Waals surface area (Å²) in [5.41, 5.74) is 1.71. The molecule has 0 aliphatic heterocycles. The summed E-state index contributed by atoms with van der Waals surface area (Å²) >= 11 is 11.0. The first-order chi connectivity index (χ1) is 13.3. The fraction of sp³-hybridized carbons (Fsp3) is 0.0500. The van der Waals surface area contributed by atoms with Crippen LogP contribution in [0.15, 0.2) is 59.0 Å². The number of carbonyl (C=O) groups is 2. The van der Waals surface area contributed by atoms with Crippen molar-refractivity contribution in [2.75, 3.05) is 5.32 Å². The summed E-state index contributed by atoms with van der Waals surface area (Å²) in [7, 11) is 0. The lowest BCUT2D eigenvalue weighted by Crippen LogP contribution is -2.34. The maximum Gasteiger partial charge on any atom is 0.293 e. The van der Waals surface area contributed by atoms with Gasteiger partial charge in [-0.05, 0) is 67.2 Å². The summed E-state index contributed by atoms with van der Waals surface area (Å²) in [6, 6.07) is 14.8. The van der Waals surface area contributed by atoms with Gasteiger partial charge < -0.3 is 19.6 Å². The Morgan fingerprint density at radius 2 is 1.79 bits per heavy atom. The number of anilines is 1. The fourth-order valence-corrected chi connectivity index (χ4v) is 2.87. The Bertz CT molecular complexity index is 1060. The van der Waals surface area contributed by atoms with E-state index in [1.807, 2.05) is 0 Å². The zero-order valence-corrected chi connectivity index (χ0v) is 16.2. The zero-order valence-electron chi connectivity index (χ0n) is 14.6. The van der Waals surface area contributed by atoms with Gasteiger partial charge in [-0.25, -0.2) is 0 Å². The SMILES string of the molecule is Cc1c(NC(=S)NC(=O)c2ccc(-c3ccc(Cl)cc3)o2)cccc1C(=O)[O-]. The maximum atomic E-state index is 12.3. The molecule has 1 heterocycles. The molecule has 0 saturated heterocycles. The molecule has 0 aliphatic rings. The minimum atomic E-state index is -1.29. The van der Waals surface area contributed by atoms with Gasteiger partial charge in [0.05, 0.1) is 5.97 Å². The van der Waals surface area contributed by atoms with E-state index in [-0.39, 0.29) is 16.4 Å². The summed E-state index contributed by atoms with van der Waals surface area (Å²) in [5, 5.41) is 17.0. The lowest BCUT2D eigenvalue weighted by atomic mass is 10.1. The lowest BCUT2D eigenvalue weighted by molar-refractivity contribution is -0.255. The molecule has 0 radical (unpaired) electrons. The number of nitrogens with one attached hydrogen (secondary N) is 2. The molecular weight excluding hydrogens is 400 g/mol. The molecule has 6 nitrogen and oxygen atoms in total. The average molecular weight is 414 g/mol. The summed E-state index contributed by atoms with van der Waals surface area (Å²) < 4.78 is 5.57. The monoisotopic (exact) mass is 413 g/mol. The van der Waals surface area contributed by atoms with E-state index in [0.29, 0.717) is 22.0 Å². The van der Waals surface area contributed by atoms with E-state index in [0.717, 1.165) is 5.56 Å². The van der Waals surface area contributed by atoms with Gasteiger partial charge in [0.1, 0.15) is 5.76 Å². The predicted octanol–water partition coefficient (Wildman–Crippen LogP) is 3.40. The van der Waals surface area contributed by atoms with Crippen molar-refractivity contribution in [1.82, 2.24) is 5.32 Å². The number of halogens is 1. The third-order valence-electron chi connectivity index (χ3n) is 3.99. The number of carbonyl (C=O) groups excluding carboxylic acids is 2. The van der Waals surface area contributed by atoms with Gasteiger partial charge in [-0.15, -0.1) is 0 Å². The number of hydrogen-bond donors (Lipinski definition) is 2. The van der Waals surface area contributed by atoms with Gasteiger partial charge in [0.2, 0.25) is 0 Å². The maximum absolute atomic E-state index is 12.3. The molecule has 3 aromatic rings. The second kappa shape index (κ2) is 8.24. The number of amides is 1. The van der Waals surface area contributed by atoms with Gasteiger partial charge in [-0.3, -0.25) is 10.1 Å². The van der Waals surface area contributed by atoms with Crippen LogP contribution in [0, 0.1) is 6.92 Å². The van der Waals surface area contributed by atoms with Crippen molar-refractivity contribution in [2.24, 2.45) is 0 Å². The van der Waals surface area contributed by atoms with Crippen LogP contribution in [0.1, 0.15) is 26.5 Å². The minimum Gasteiger partial charge on any atom is -0.545 e. The molecule has 0 unspecified atom stereocenters. The first kappa shape index (κ1) is 19.6. The third kappa shape index (κ3) is 4.39. The quantitative estimate of drug-likeness (QED) is 0.636. The van der Waals surface area contributed by atoms with Crippen molar-refractivity contribution in [3.8, 4) is 11.3 Å². The first-order valence-corrected chi connectivity index (χ1v) is 8.93. The first-order valence-electron chi connectivity index (χ1n) is 8.14. The van der Waals surface area contributed by atoms with E-state index in [1.165, 1.54) is 12.1 Å². The van der Waals surface area contributed by atoms with Crippen LogP contribution in [0.2, 0.25) is 5.02 Å². The normalized spacial score (nSPS) is 10.4. The topological polar surface area (TPSA) is 94.4 Å². The highest BCUT2D eigenvalue weighted by Gasteiger charge is 2.14. The highest BCUT2D eigenvalue weighted by molar-refractivity contribution is 7.80. The van der Waals surface area contributed by atoms with Crippen LogP contribution in [-0.4, -0.2) is 17.0 Å². The molecule has 8 heteroatoms. The molecule has 1 aromatic heterocycles. The van der Waals surface area contributed by atoms with Crippen molar-refractivity contribution < 1.29 is 19.1 Å². The molecule has 0 bridgehead atoms. The average Bonchev–Trinajstić information content (AvgIpc) is 3.14. The van der Waals surface area contributed by atoms with Crippen LogP contribution < -0.4 is 15.7 Å². The molecule has 0 saturated carbocycles. The van der Waals surface area contributed by atoms with E-state index in [1.54, 1.807) is 49.4 Å². The number of carboxylic acids is 1. The number of hydrogen-bond acceptors (Lipinski definition) is 5. The van der Waals surface area contributed by atoms with E-state index < -0.39 is 11.9 Å². The minimum absolute atomic E-state index is 0.00745. The number of benzene rings is 2. The van der Waals surface area contributed by atoms with Gasteiger partial charge in [0, 0.05) is 21.8 Å². The summed E-state index contributed by atoms with van der Waals surface area (Å²) in [5.74, 6) is -1.24. The number of carboxylic acid groups (broad SMARTS) is 1. The van der Waals surface area contributed by atoms with Crippen molar-refractivity contribution in [3.05, 3.63) is 76.5 Å². The van der Waals surface area contributed by atoms with Gasteiger partial charge in [0.25, 0.3) is 5.91 Å². The van der Waals surface area contributed by atoms with Crippen molar-refractivity contribution in [2.45, 2.75) is 6.92 Å². The molecule has 28 heavy (non-hydrogen) atoms. The van der Waals surface area contributed by atoms with Gasteiger partial charge >= 0.3 is 0 Å². The second-order valence-corrected chi connectivity index (χ2v) is 6.69. The molecule has 0 fully saturated rings. The van der Waals surface area contributed by atoms with E-state index in [9.17, 15) is 14.7 Å². The summed E-state index contributed by atoms with van der Waals surface area (Å²) in [4.78, 5) is 23.4. The molecular formula is C20H14ClN2O4S-. The standard InChI is InChI=1S/C20H15ClN2O4S/c1-11-14(19(25)26)3-2-4-15(11)22-20(28)23-18(24)17-10-9-16(27-17)12-5-7-13(21)8-6-12/h2-10H,1H3,(H,25,26)(H2,22,23,24,28)/p-1. The van der Waals surface area contributed by atoms with Crippen LogP contribution in [-0.2, 0) is 0 Å². The number of furan rings is 1. The Balaban J connectivity index is 1.68. The fourth-order valence-electron chi connectivity index (χ4n) is 2.54. The molecule has 0 spiro atoms. The van der Waals surface area contributed by atoms with Crippen LogP contribution in [0.25, 0.3) is 11.3 Å². The van der Waals surface area contributed by atoms with Gasteiger partial charge in [0.15, 0.2) is 10.9 Å². The Hall–Kier alpha value is -3.16. The molecule has 1 amide bonds. The number of rotatable bonds is 4.